The third kappa shape index (κ3) is 23.3. The number of likely N-dealkylation sites (tertiary alicyclic amines) is 5. The topological polar surface area (TPSA) is 16.2 Å². The normalized spacial score (nSPS) is 28.6. The van der Waals surface area contributed by atoms with Gasteiger partial charge in [0.15, 0.2) is 0 Å². The predicted octanol–water partition coefficient (Wildman–Crippen LogP) is 12.0. The van der Waals surface area contributed by atoms with E-state index in [1.807, 2.05) is 0 Å². The van der Waals surface area contributed by atoms with Gasteiger partial charge in [-0.1, -0.05) is 112 Å². The Hall–Kier alpha value is -0.200. The van der Waals surface area contributed by atoms with Crippen LogP contribution in [0.15, 0.2) is 0 Å². The van der Waals surface area contributed by atoms with Crippen LogP contribution in [0.3, 0.4) is 0 Å². The molecule has 7 rings (SSSR count). The number of unbranched alkanes of at least 4 members (excludes halogenated alkanes) is 3. The van der Waals surface area contributed by atoms with E-state index in [4.69, 9.17) is 0 Å². The lowest BCUT2D eigenvalue weighted by Gasteiger charge is -2.30. The van der Waals surface area contributed by atoms with Crippen LogP contribution < -0.4 is 0 Å². The van der Waals surface area contributed by atoms with E-state index in [0.717, 1.165) is 23.8 Å². The first-order valence-electron chi connectivity index (χ1n) is 25.2. The van der Waals surface area contributed by atoms with Gasteiger partial charge in [-0.25, -0.2) is 0 Å². The minimum atomic E-state index is 0.994. The first-order chi connectivity index (χ1) is 26.6. The average molecular weight is 758 g/mol. The van der Waals surface area contributed by atoms with E-state index < -0.39 is 0 Å². The molecule has 320 valence electrons. The van der Waals surface area contributed by atoms with Crippen LogP contribution in [0, 0.1) is 17.8 Å². The van der Waals surface area contributed by atoms with Gasteiger partial charge in [-0.05, 0) is 193 Å². The molecule has 0 radical (unpaired) electrons. The van der Waals surface area contributed by atoms with Crippen molar-refractivity contribution in [3.63, 3.8) is 0 Å². The predicted molar refractivity (Wildman–Crippen MR) is 240 cm³/mol. The second-order valence-corrected chi connectivity index (χ2v) is 18.9. The molecule has 5 saturated heterocycles. The third-order valence-electron chi connectivity index (χ3n) is 13.8. The summed E-state index contributed by atoms with van der Waals surface area (Å²) in [4.78, 5) is 13.2. The maximum atomic E-state index is 2.75. The van der Waals surface area contributed by atoms with Crippen LogP contribution in [-0.2, 0) is 0 Å². The van der Waals surface area contributed by atoms with Gasteiger partial charge in [0.05, 0.1) is 0 Å². The van der Waals surface area contributed by atoms with Crippen LogP contribution in [0.25, 0.3) is 0 Å². The molecule has 5 nitrogen and oxygen atoms in total. The molecule has 0 aromatic heterocycles. The molecule has 7 fully saturated rings. The molecule has 0 aromatic rings. The van der Waals surface area contributed by atoms with Crippen molar-refractivity contribution < 1.29 is 0 Å². The minimum Gasteiger partial charge on any atom is -0.303 e. The zero-order valence-corrected chi connectivity index (χ0v) is 37.8. The first-order valence-corrected chi connectivity index (χ1v) is 25.2. The van der Waals surface area contributed by atoms with Crippen molar-refractivity contribution in [3.05, 3.63) is 0 Å². The summed E-state index contributed by atoms with van der Waals surface area (Å²) in [5.74, 6) is 3.15. The number of rotatable bonds is 13. The van der Waals surface area contributed by atoms with E-state index in [1.165, 1.54) is 259 Å². The van der Waals surface area contributed by atoms with Gasteiger partial charge >= 0.3 is 0 Å². The van der Waals surface area contributed by atoms with Crippen molar-refractivity contribution in [1.29, 1.82) is 0 Å². The lowest BCUT2D eigenvalue weighted by atomic mass is 10.2. The molecule has 5 heteroatoms. The SMILES string of the molecule is CC1CC1CN1CCCCCC1.CCC1CC1N1CCCCCC1.CCCCCN1CCCCCC1.CCCCN1CCC1.CCCN1CCCCCC1. The van der Waals surface area contributed by atoms with E-state index in [1.54, 1.807) is 0 Å². The summed E-state index contributed by atoms with van der Waals surface area (Å²) >= 11 is 0. The molecule has 4 atom stereocenters. The molecule has 5 aliphatic heterocycles. The van der Waals surface area contributed by atoms with Crippen molar-refractivity contribution in [2.24, 2.45) is 17.8 Å². The lowest BCUT2D eigenvalue weighted by molar-refractivity contribution is 0.179. The van der Waals surface area contributed by atoms with Gasteiger partial charge in [0.1, 0.15) is 0 Å². The maximum absolute atomic E-state index is 2.75. The van der Waals surface area contributed by atoms with Gasteiger partial charge in [0.2, 0.25) is 0 Å². The van der Waals surface area contributed by atoms with Crippen LogP contribution >= 0.6 is 0 Å². The molecule has 0 amide bonds. The smallest absolute Gasteiger partial charge is 0.0127 e. The van der Waals surface area contributed by atoms with Crippen LogP contribution in [0.4, 0.5) is 0 Å². The molecule has 7 aliphatic rings. The quantitative estimate of drug-likeness (QED) is 0.173. The van der Waals surface area contributed by atoms with Crippen molar-refractivity contribution in [2.45, 2.75) is 208 Å². The zero-order chi connectivity index (χ0) is 38.5. The second kappa shape index (κ2) is 31.7. The Kier molecular flexibility index (Phi) is 28.3. The largest absolute Gasteiger partial charge is 0.303 e. The highest BCUT2D eigenvalue weighted by Gasteiger charge is 2.39. The first kappa shape index (κ1) is 48.2. The van der Waals surface area contributed by atoms with Crippen LogP contribution in [0.2, 0.25) is 0 Å². The van der Waals surface area contributed by atoms with Gasteiger partial charge in [0, 0.05) is 12.6 Å². The Morgan fingerprint density at radius 3 is 1.15 bits per heavy atom. The Morgan fingerprint density at radius 1 is 0.370 bits per heavy atom. The molecule has 2 aliphatic carbocycles. The summed E-state index contributed by atoms with van der Waals surface area (Å²) in [6.45, 7) is 30.6. The Bertz CT molecular complexity index is 801. The second-order valence-electron chi connectivity index (χ2n) is 18.9. The van der Waals surface area contributed by atoms with Gasteiger partial charge in [-0.15, -0.1) is 0 Å². The Balaban J connectivity index is 0.000000183. The van der Waals surface area contributed by atoms with Gasteiger partial charge < -0.3 is 24.5 Å². The summed E-state index contributed by atoms with van der Waals surface area (Å²) in [6, 6.07) is 0.994. The van der Waals surface area contributed by atoms with E-state index in [9.17, 15) is 0 Å². The fraction of sp³-hybridized carbons (Fsp3) is 1.00. The monoisotopic (exact) mass is 758 g/mol. The molecule has 0 bridgehead atoms. The highest BCUT2D eigenvalue weighted by atomic mass is 15.2. The molecule has 5 heterocycles. The molecule has 54 heavy (non-hydrogen) atoms. The Labute approximate surface area is 340 Å². The van der Waals surface area contributed by atoms with E-state index in [2.05, 4.69) is 59.1 Å². The summed E-state index contributed by atoms with van der Waals surface area (Å²) in [5, 5.41) is 0. The highest BCUT2D eigenvalue weighted by Crippen LogP contribution is 2.39. The maximum Gasteiger partial charge on any atom is 0.0127 e. The van der Waals surface area contributed by atoms with Gasteiger partial charge in [-0.2, -0.15) is 0 Å². The van der Waals surface area contributed by atoms with Gasteiger partial charge in [0.25, 0.3) is 0 Å². The average Bonchev–Trinajstić information content (AvgIpc) is 4.05. The number of nitrogens with zero attached hydrogens (tertiary/aromatic N) is 5. The summed E-state index contributed by atoms with van der Waals surface area (Å²) in [5.41, 5.74) is 0. The highest BCUT2D eigenvalue weighted by molar-refractivity contribution is 4.94. The fourth-order valence-electron chi connectivity index (χ4n) is 9.46. The van der Waals surface area contributed by atoms with E-state index in [0.29, 0.717) is 0 Å². The number of hydrogen-bond acceptors (Lipinski definition) is 5. The van der Waals surface area contributed by atoms with Crippen molar-refractivity contribution in [1.82, 2.24) is 24.5 Å². The molecule has 0 spiro atoms. The van der Waals surface area contributed by atoms with Crippen molar-refractivity contribution in [2.75, 3.05) is 91.6 Å². The standard InChI is InChI=1S/2C11H21N.C11H23N.C9H19N.C7H15N/c1-10-8-11(10)9-12-6-4-2-3-5-7-12;1-2-10-9-11(10)12-7-5-3-4-6-8-12;1-2-3-6-9-12-10-7-4-5-8-11-12;1-2-7-10-8-5-3-4-6-9-10;1-2-3-5-8-6-4-7-8/h2*10-11H,2-9H2,1H3;2-11H2,1H3;2-9H2,1H3;2-7H2,1H3. The van der Waals surface area contributed by atoms with Crippen LogP contribution in [0.1, 0.15) is 202 Å². The third-order valence-corrected chi connectivity index (χ3v) is 13.8. The van der Waals surface area contributed by atoms with Gasteiger partial charge in [-0.3, -0.25) is 0 Å². The molecular formula is C49H99N5. The van der Waals surface area contributed by atoms with E-state index >= 15 is 0 Å². The molecule has 0 aromatic carbocycles. The van der Waals surface area contributed by atoms with Crippen molar-refractivity contribution >= 4 is 0 Å². The van der Waals surface area contributed by atoms with Crippen molar-refractivity contribution in [3.8, 4) is 0 Å². The summed E-state index contributed by atoms with van der Waals surface area (Å²) in [7, 11) is 0. The molecule has 0 N–H and O–H groups in total. The van der Waals surface area contributed by atoms with Crippen LogP contribution in [-0.4, -0.2) is 122 Å². The summed E-state index contributed by atoms with van der Waals surface area (Å²) in [6.07, 6.45) is 37.3. The lowest BCUT2D eigenvalue weighted by Crippen LogP contribution is -2.37. The zero-order valence-electron chi connectivity index (χ0n) is 37.8. The van der Waals surface area contributed by atoms with Crippen LogP contribution in [0.5, 0.6) is 0 Å². The molecular weight excluding hydrogens is 659 g/mol. The Morgan fingerprint density at radius 2 is 0.778 bits per heavy atom. The molecule has 2 saturated carbocycles. The minimum absolute atomic E-state index is 0.994. The number of hydrogen-bond donors (Lipinski definition) is 0. The molecule has 4 unspecified atom stereocenters. The fourth-order valence-corrected chi connectivity index (χ4v) is 9.46. The summed E-state index contributed by atoms with van der Waals surface area (Å²) < 4.78 is 0. The van der Waals surface area contributed by atoms with E-state index in [-0.39, 0.29) is 0 Å².